The molecule has 0 aliphatic heterocycles. The molecule has 1 rings (SSSR count). The maximum Gasteiger partial charge on any atom is 0.0478 e. The summed E-state index contributed by atoms with van der Waals surface area (Å²) < 4.78 is 5.43. The molecule has 0 aromatic heterocycles. The SMILES string of the molecule is CCCOCCCNC1CCCCC1. The van der Waals surface area contributed by atoms with Crippen molar-refractivity contribution >= 4 is 0 Å². The van der Waals surface area contributed by atoms with Crippen LogP contribution >= 0.6 is 0 Å². The molecule has 1 N–H and O–H groups in total. The monoisotopic (exact) mass is 199 g/mol. The molecule has 14 heavy (non-hydrogen) atoms. The summed E-state index contributed by atoms with van der Waals surface area (Å²) in [5.74, 6) is 0. The molecular weight excluding hydrogens is 174 g/mol. The van der Waals surface area contributed by atoms with Gasteiger partial charge in [0.25, 0.3) is 0 Å². The molecule has 1 aliphatic carbocycles. The Kier molecular flexibility index (Phi) is 7.06. The van der Waals surface area contributed by atoms with Crippen LogP contribution in [0.4, 0.5) is 0 Å². The van der Waals surface area contributed by atoms with Gasteiger partial charge in [-0.2, -0.15) is 0 Å². The highest BCUT2D eigenvalue weighted by molar-refractivity contribution is 4.71. The summed E-state index contributed by atoms with van der Waals surface area (Å²) in [6, 6.07) is 0.801. The fourth-order valence-electron chi connectivity index (χ4n) is 2.03. The standard InChI is InChI=1S/C12H25NO/c1-2-10-14-11-6-9-13-12-7-4-3-5-8-12/h12-13H,2-11H2,1H3. The van der Waals surface area contributed by atoms with Gasteiger partial charge in [-0.1, -0.05) is 26.2 Å². The van der Waals surface area contributed by atoms with Crippen molar-refractivity contribution in [2.24, 2.45) is 0 Å². The van der Waals surface area contributed by atoms with Crippen molar-refractivity contribution < 1.29 is 4.74 Å². The van der Waals surface area contributed by atoms with Gasteiger partial charge in [-0.3, -0.25) is 0 Å². The van der Waals surface area contributed by atoms with E-state index in [-0.39, 0.29) is 0 Å². The van der Waals surface area contributed by atoms with Crippen LogP contribution in [-0.2, 0) is 4.74 Å². The minimum absolute atomic E-state index is 0.801. The van der Waals surface area contributed by atoms with Gasteiger partial charge in [0.2, 0.25) is 0 Å². The Morgan fingerprint density at radius 3 is 2.64 bits per heavy atom. The van der Waals surface area contributed by atoms with E-state index in [2.05, 4.69) is 12.2 Å². The van der Waals surface area contributed by atoms with Crippen LogP contribution in [0.1, 0.15) is 51.9 Å². The second-order valence-corrected chi connectivity index (χ2v) is 4.25. The molecule has 0 amide bonds. The summed E-state index contributed by atoms with van der Waals surface area (Å²) in [4.78, 5) is 0. The maximum absolute atomic E-state index is 5.43. The maximum atomic E-state index is 5.43. The van der Waals surface area contributed by atoms with E-state index in [1.54, 1.807) is 0 Å². The Bertz CT molecular complexity index is 121. The second kappa shape index (κ2) is 8.25. The van der Waals surface area contributed by atoms with E-state index in [0.717, 1.165) is 38.6 Å². The highest BCUT2D eigenvalue weighted by Gasteiger charge is 2.11. The molecule has 1 fully saturated rings. The van der Waals surface area contributed by atoms with Crippen molar-refractivity contribution in [3.8, 4) is 0 Å². The zero-order chi connectivity index (χ0) is 10.1. The van der Waals surface area contributed by atoms with Gasteiger partial charge in [-0.05, 0) is 32.2 Å². The van der Waals surface area contributed by atoms with E-state index in [0.29, 0.717) is 0 Å². The Hall–Kier alpha value is -0.0800. The lowest BCUT2D eigenvalue weighted by Gasteiger charge is -2.22. The number of rotatable bonds is 7. The van der Waals surface area contributed by atoms with E-state index in [4.69, 9.17) is 4.74 Å². The summed E-state index contributed by atoms with van der Waals surface area (Å²) >= 11 is 0. The molecule has 1 aliphatic rings. The van der Waals surface area contributed by atoms with Crippen molar-refractivity contribution in [3.63, 3.8) is 0 Å². The zero-order valence-corrected chi connectivity index (χ0v) is 9.56. The minimum atomic E-state index is 0.801. The van der Waals surface area contributed by atoms with Crippen LogP contribution in [0.5, 0.6) is 0 Å². The average Bonchev–Trinajstić information content (AvgIpc) is 2.25. The lowest BCUT2D eigenvalue weighted by molar-refractivity contribution is 0.131. The van der Waals surface area contributed by atoms with E-state index >= 15 is 0 Å². The van der Waals surface area contributed by atoms with Crippen molar-refractivity contribution in [1.29, 1.82) is 0 Å². The molecular formula is C12H25NO. The smallest absolute Gasteiger partial charge is 0.0478 e. The van der Waals surface area contributed by atoms with Crippen LogP contribution in [0.25, 0.3) is 0 Å². The first-order valence-corrected chi connectivity index (χ1v) is 6.24. The van der Waals surface area contributed by atoms with Crippen molar-refractivity contribution in [1.82, 2.24) is 5.32 Å². The molecule has 0 aromatic rings. The molecule has 1 saturated carbocycles. The van der Waals surface area contributed by atoms with E-state index in [1.165, 1.54) is 32.1 Å². The van der Waals surface area contributed by atoms with Gasteiger partial charge in [0, 0.05) is 19.3 Å². The molecule has 2 heteroatoms. The van der Waals surface area contributed by atoms with Gasteiger partial charge in [-0.15, -0.1) is 0 Å². The molecule has 0 heterocycles. The fourth-order valence-corrected chi connectivity index (χ4v) is 2.03. The number of hydrogen-bond donors (Lipinski definition) is 1. The average molecular weight is 199 g/mol. The Balaban J connectivity index is 1.82. The molecule has 84 valence electrons. The highest BCUT2D eigenvalue weighted by atomic mass is 16.5. The van der Waals surface area contributed by atoms with E-state index in [1.807, 2.05) is 0 Å². The van der Waals surface area contributed by atoms with Gasteiger partial charge >= 0.3 is 0 Å². The largest absolute Gasteiger partial charge is 0.381 e. The third-order valence-electron chi connectivity index (χ3n) is 2.85. The molecule has 0 radical (unpaired) electrons. The van der Waals surface area contributed by atoms with Crippen molar-refractivity contribution in [2.75, 3.05) is 19.8 Å². The summed E-state index contributed by atoms with van der Waals surface area (Å²) in [6.45, 7) is 5.13. The summed E-state index contributed by atoms with van der Waals surface area (Å²) in [7, 11) is 0. The minimum Gasteiger partial charge on any atom is -0.381 e. The Labute approximate surface area is 88.4 Å². The summed E-state index contributed by atoms with van der Waals surface area (Å²) in [6.07, 6.45) is 9.35. The summed E-state index contributed by atoms with van der Waals surface area (Å²) in [5, 5.41) is 3.62. The predicted octanol–water partition coefficient (Wildman–Crippen LogP) is 2.73. The Morgan fingerprint density at radius 2 is 1.93 bits per heavy atom. The van der Waals surface area contributed by atoms with Gasteiger partial charge in [0.05, 0.1) is 0 Å². The number of hydrogen-bond acceptors (Lipinski definition) is 2. The van der Waals surface area contributed by atoms with E-state index < -0.39 is 0 Å². The predicted molar refractivity (Wildman–Crippen MR) is 60.6 cm³/mol. The lowest BCUT2D eigenvalue weighted by atomic mass is 9.95. The van der Waals surface area contributed by atoms with Crippen molar-refractivity contribution in [2.45, 2.75) is 57.9 Å². The van der Waals surface area contributed by atoms with E-state index in [9.17, 15) is 0 Å². The topological polar surface area (TPSA) is 21.3 Å². The third kappa shape index (κ3) is 5.61. The van der Waals surface area contributed by atoms with Gasteiger partial charge in [0.15, 0.2) is 0 Å². The first kappa shape index (κ1) is 12.0. The van der Waals surface area contributed by atoms with Crippen LogP contribution < -0.4 is 5.32 Å². The molecule has 0 aromatic carbocycles. The van der Waals surface area contributed by atoms with Crippen LogP contribution in [0.2, 0.25) is 0 Å². The van der Waals surface area contributed by atoms with Crippen LogP contribution in [0.3, 0.4) is 0 Å². The normalized spacial score (nSPS) is 18.6. The molecule has 0 bridgehead atoms. The Morgan fingerprint density at radius 1 is 1.14 bits per heavy atom. The van der Waals surface area contributed by atoms with Gasteiger partial charge in [0.1, 0.15) is 0 Å². The van der Waals surface area contributed by atoms with Gasteiger partial charge in [-0.25, -0.2) is 0 Å². The number of ether oxygens (including phenoxy) is 1. The molecule has 0 spiro atoms. The number of nitrogens with one attached hydrogen (secondary N) is 1. The first-order chi connectivity index (χ1) is 6.93. The lowest BCUT2D eigenvalue weighted by Crippen LogP contribution is -2.32. The van der Waals surface area contributed by atoms with Crippen LogP contribution in [-0.4, -0.2) is 25.8 Å². The summed E-state index contributed by atoms with van der Waals surface area (Å²) in [5.41, 5.74) is 0. The highest BCUT2D eigenvalue weighted by Crippen LogP contribution is 2.17. The molecule has 0 unspecified atom stereocenters. The molecule has 0 saturated heterocycles. The van der Waals surface area contributed by atoms with Crippen LogP contribution in [0, 0.1) is 0 Å². The van der Waals surface area contributed by atoms with Crippen molar-refractivity contribution in [3.05, 3.63) is 0 Å². The third-order valence-corrected chi connectivity index (χ3v) is 2.85. The zero-order valence-electron chi connectivity index (χ0n) is 9.56. The second-order valence-electron chi connectivity index (χ2n) is 4.25. The van der Waals surface area contributed by atoms with Gasteiger partial charge < -0.3 is 10.1 Å². The first-order valence-electron chi connectivity index (χ1n) is 6.24. The quantitative estimate of drug-likeness (QED) is 0.637. The molecule has 0 atom stereocenters. The molecule has 2 nitrogen and oxygen atoms in total. The van der Waals surface area contributed by atoms with Crippen LogP contribution in [0.15, 0.2) is 0 Å². The fraction of sp³-hybridized carbons (Fsp3) is 1.00.